The molecule has 0 aliphatic heterocycles. The zero-order valence-electron chi connectivity index (χ0n) is 7.52. The van der Waals surface area contributed by atoms with Crippen LogP contribution in [-0.2, 0) is 0 Å². The number of alkyl halides is 1. The fourth-order valence-electron chi connectivity index (χ4n) is 0.934. The zero-order chi connectivity index (χ0) is 8.69. The van der Waals surface area contributed by atoms with Gasteiger partial charge in [0.15, 0.2) is 0 Å². The predicted octanol–water partition coefficient (Wildman–Crippen LogP) is 1.02. The Morgan fingerprint density at radius 1 is 1.45 bits per heavy atom. The molecule has 3 heteroatoms. The standard InChI is InChI=1S/C8H19FN2/c1-3-11(7-5-9)6-4-8(2)10/h8H,3-7,10H2,1-2H3. The van der Waals surface area contributed by atoms with Crippen molar-refractivity contribution >= 4 is 0 Å². The molecule has 0 saturated carbocycles. The molecule has 2 nitrogen and oxygen atoms in total. The van der Waals surface area contributed by atoms with Gasteiger partial charge in [-0.2, -0.15) is 0 Å². The molecule has 0 fully saturated rings. The first-order valence-electron chi connectivity index (χ1n) is 4.24. The Morgan fingerprint density at radius 2 is 2.09 bits per heavy atom. The van der Waals surface area contributed by atoms with Crippen molar-refractivity contribution in [3.05, 3.63) is 0 Å². The van der Waals surface area contributed by atoms with Gasteiger partial charge in [-0.15, -0.1) is 0 Å². The van der Waals surface area contributed by atoms with Crippen molar-refractivity contribution in [2.24, 2.45) is 5.73 Å². The minimum atomic E-state index is -0.257. The van der Waals surface area contributed by atoms with E-state index in [0.29, 0.717) is 6.54 Å². The quantitative estimate of drug-likeness (QED) is 0.631. The van der Waals surface area contributed by atoms with Crippen LogP contribution < -0.4 is 5.73 Å². The lowest BCUT2D eigenvalue weighted by molar-refractivity contribution is 0.252. The second-order valence-corrected chi connectivity index (χ2v) is 2.89. The monoisotopic (exact) mass is 162 g/mol. The van der Waals surface area contributed by atoms with E-state index in [1.165, 1.54) is 0 Å². The molecule has 0 radical (unpaired) electrons. The summed E-state index contributed by atoms with van der Waals surface area (Å²) in [7, 11) is 0. The fraction of sp³-hybridized carbons (Fsp3) is 1.00. The molecule has 0 rings (SSSR count). The van der Waals surface area contributed by atoms with E-state index in [1.807, 2.05) is 13.8 Å². The number of hydrogen-bond acceptors (Lipinski definition) is 2. The van der Waals surface area contributed by atoms with Crippen molar-refractivity contribution in [2.75, 3.05) is 26.3 Å². The summed E-state index contributed by atoms with van der Waals surface area (Å²) in [5, 5.41) is 0. The first kappa shape index (κ1) is 10.8. The second kappa shape index (κ2) is 6.55. The van der Waals surface area contributed by atoms with Gasteiger partial charge >= 0.3 is 0 Å². The van der Waals surface area contributed by atoms with E-state index in [0.717, 1.165) is 19.5 Å². The third-order valence-corrected chi connectivity index (χ3v) is 1.75. The maximum absolute atomic E-state index is 11.9. The second-order valence-electron chi connectivity index (χ2n) is 2.89. The molecule has 0 aromatic heterocycles. The number of nitrogens with zero attached hydrogens (tertiary/aromatic N) is 1. The average Bonchev–Trinajstić information content (AvgIpc) is 1.97. The molecule has 0 bridgehead atoms. The summed E-state index contributed by atoms with van der Waals surface area (Å²) in [6, 6.07) is 0.226. The molecule has 0 amide bonds. The molecule has 0 aliphatic carbocycles. The van der Waals surface area contributed by atoms with E-state index in [4.69, 9.17) is 5.73 Å². The summed E-state index contributed by atoms with van der Waals surface area (Å²) in [5.41, 5.74) is 5.57. The highest BCUT2D eigenvalue weighted by atomic mass is 19.1. The maximum Gasteiger partial charge on any atom is 0.102 e. The third-order valence-electron chi connectivity index (χ3n) is 1.75. The van der Waals surface area contributed by atoms with Crippen molar-refractivity contribution in [1.29, 1.82) is 0 Å². The van der Waals surface area contributed by atoms with Gasteiger partial charge in [-0.3, -0.25) is 0 Å². The molecule has 11 heavy (non-hydrogen) atoms. The molecule has 0 aromatic carbocycles. The van der Waals surface area contributed by atoms with Gasteiger partial charge in [0.25, 0.3) is 0 Å². The molecule has 0 heterocycles. The van der Waals surface area contributed by atoms with Crippen molar-refractivity contribution < 1.29 is 4.39 Å². The summed E-state index contributed by atoms with van der Waals surface area (Å²) >= 11 is 0. The minimum absolute atomic E-state index is 0.226. The molecule has 1 unspecified atom stereocenters. The lowest BCUT2D eigenvalue weighted by atomic mass is 10.2. The maximum atomic E-state index is 11.9. The molecular weight excluding hydrogens is 143 g/mol. The van der Waals surface area contributed by atoms with Crippen LogP contribution in [-0.4, -0.2) is 37.3 Å². The van der Waals surface area contributed by atoms with E-state index in [-0.39, 0.29) is 12.7 Å². The van der Waals surface area contributed by atoms with E-state index in [2.05, 4.69) is 4.90 Å². The van der Waals surface area contributed by atoms with Gasteiger partial charge < -0.3 is 10.6 Å². The topological polar surface area (TPSA) is 29.3 Å². The first-order chi connectivity index (χ1) is 5.20. The summed E-state index contributed by atoms with van der Waals surface area (Å²) in [4.78, 5) is 2.07. The number of nitrogens with two attached hydrogens (primary N) is 1. The predicted molar refractivity (Wildman–Crippen MR) is 46.4 cm³/mol. The Bertz CT molecular complexity index is 86.2. The van der Waals surface area contributed by atoms with Crippen molar-refractivity contribution in [3.63, 3.8) is 0 Å². The van der Waals surface area contributed by atoms with Gasteiger partial charge in [0.2, 0.25) is 0 Å². The molecule has 1 atom stereocenters. The third kappa shape index (κ3) is 6.26. The summed E-state index contributed by atoms with van der Waals surface area (Å²) in [5.74, 6) is 0. The van der Waals surface area contributed by atoms with Gasteiger partial charge in [0.05, 0.1) is 0 Å². The van der Waals surface area contributed by atoms with Crippen LogP contribution in [0.15, 0.2) is 0 Å². The van der Waals surface area contributed by atoms with Crippen molar-refractivity contribution in [2.45, 2.75) is 26.3 Å². The van der Waals surface area contributed by atoms with Crippen LogP contribution in [0.25, 0.3) is 0 Å². The Labute approximate surface area is 68.6 Å². The van der Waals surface area contributed by atoms with Crippen LogP contribution in [0.5, 0.6) is 0 Å². The molecule has 68 valence electrons. The molecule has 0 spiro atoms. The van der Waals surface area contributed by atoms with Crippen molar-refractivity contribution in [1.82, 2.24) is 4.90 Å². The summed E-state index contributed by atoms with van der Waals surface area (Å²) < 4.78 is 11.9. The first-order valence-corrected chi connectivity index (χ1v) is 4.24. The van der Waals surface area contributed by atoms with Crippen molar-refractivity contribution in [3.8, 4) is 0 Å². The molecule has 0 aliphatic rings. The minimum Gasteiger partial charge on any atom is -0.328 e. The van der Waals surface area contributed by atoms with Crippen LogP contribution in [0.3, 0.4) is 0 Å². The lowest BCUT2D eigenvalue weighted by Crippen LogP contribution is -2.30. The van der Waals surface area contributed by atoms with E-state index < -0.39 is 0 Å². The number of hydrogen-bond donors (Lipinski definition) is 1. The zero-order valence-corrected chi connectivity index (χ0v) is 7.52. The fourth-order valence-corrected chi connectivity index (χ4v) is 0.934. The Balaban J connectivity index is 3.35. The van der Waals surface area contributed by atoms with Gasteiger partial charge in [0.1, 0.15) is 6.67 Å². The van der Waals surface area contributed by atoms with E-state index in [9.17, 15) is 4.39 Å². The highest BCUT2D eigenvalue weighted by Gasteiger charge is 2.02. The Morgan fingerprint density at radius 3 is 2.45 bits per heavy atom. The van der Waals surface area contributed by atoms with Gasteiger partial charge in [-0.25, -0.2) is 4.39 Å². The van der Waals surface area contributed by atoms with Crippen LogP contribution in [0.4, 0.5) is 4.39 Å². The Hall–Kier alpha value is -0.150. The average molecular weight is 162 g/mol. The Kier molecular flexibility index (Phi) is 6.46. The largest absolute Gasteiger partial charge is 0.328 e. The molecule has 0 aromatic rings. The van der Waals surface area contributed by atoms with Gasteiger partial charge in [0, 0.05) is 12.6 Å². The van der Waals surface area contributed by atoms with E-state index in [1.54, 1.807) is 0 Å². The SMILES string of the molecule is CCN(CCF)CCC(C)N. The van der Waals surface area contributed by atoms with Gasteiger partial charge in [-0.1, -0.05) is 6.92 Å². The number of halogens is 1. The van der Waals surface area contributed by atoms with Crippen LogP contribution >= 0.6 is 0 Å². The summed E-state index contributed by atoms with van der Waals surface area (Å²) in [6.45, 7) is 6.13. The van der Waals surface area contributed by atoms with Gasteiger partial charge in [-0.05, 0) is 26.4 Å². The molecule has 2 N–H and O–H groups in total. The summed E-state index contributed by atoms with van der Waals surface area (Å²) in [6.07, 6.45) is 0.952. The number of rotatable bonds is 6. The van der Waals surface area contributed by atoms with E-state index >= 15 is 0 Å². The highest BCUT2D eigenvalue weighted by molar-refractivity contribution is 4.59. The molecule has 0 saturated heterocycles. The van der Waals surface area contributed by atoms with Crippen LogP contribution in [0.2, 0.25) is 0 Å². The normalized spacial score (nSPS) is 13.9. The lowest BCUT2D eigenvalue weighted by Gasteiger charge is -2.19. The van der Waals surface area contributed by atoms with Crippen LogP contribution in [0, 0.1) is 0 Å². The molecular formula is C8H19FN2. The van der Waals surface area contributed by atoms with Crippen LogP contribution in [0.1, 0.15) is 20.3 Å². The smallest absolute Gasteiger partial charge is 0.102 e. The highest BCUT2D eigenvalue weighted by Crippen LogP contribution is 1.93.